The molecule has 108 valence electrons. The molecule has 2 nitrogen and oxygen atoms in total. The van der Waals surface area contributed by atoms with E-state index in [0.717, 1.165) is 18.8 Å². The Morgan fingerprint density at radius 1 is 1.16 bits per heavy atom. The number of rotatable bonds is 7. The van der Waals surface area contributed by atoms with Crippen LogP contribution < -0.4 is 5.73 Å². The highest BCUT2D eigenvalue weighted by atomic mass is 15.2. The van der Waals surface area contributed by atoms with E-state index in [1.165, 1.54) is 24.0 Å². The van der Waals surface area contributed by atoms with Crippen molar-refractivity contribution < 1.29 is 0 Å². The fourth-order valence-electron chi connectivity index (χ4n) is 2.64. The fraction of sp³-hybridized carbons (Fsp3) is 0.647. The van der Waals surface area contributed by atoms with Gasteiger partial charge in [0, 0.05) is 24.8 Å². The van der Waals surface area contributed by atoms with E-state index in [-0.39, 0.29) is 0 Å². The summed E-state index contributed by atoms with van der Waals surface area (Å²) in [6.07, 6.45) is 2.43. The molecule has 2 heteroatoms. The zero-order valence-electron chi connectivity index (χ0n) is 13.2. The molecule has 1 rings (SSSR count). The van der Waals surface area contributed by atoms with Gasteiger partial charge in [0.25, 0.3) is 0 Å². The molecule has 0 radical (unpaired) electrons. The lowest BCUT2D eigenvalue weighted by molar-refractivity contribution is 0.157. The number of anilines is 1. The van der Waals surface area contributed by atoms with Gasteiger partial charge in [-0.3, -0.25) is 4.90 Å². The van der Waals surface area contributed by atoms with Gasteiger partial charge >= 0.3 is 0 Å². The third-order valence-electron chi connectivity index (χ3n) is 3.79. The summed E-state index contributed by atoms with van der Waals surface area (Å²) >= 11 is 0. The van der Waals surface area contributed by atoms with E-state index in [2.05, 4.69) is 57.7 Å². The van der Waals surface area contributed by atoms with Crippen LogP contribution in [0.3, 0.4) is 0 Å². The normalized spacial score (nSPS) is 11.8. The first kappa shape index (κ1) is 16.0. The van der Waals surface area contributed by atoms with Gasteiger partial charge in [-0.1, -0.05) is 39.8 Å². The summed E-state index contributed by atoms with van der Waals surface area (Å²) in [7, 11) is 0. The summed E-state index contributed by atoms with van der Waals surface area (Å²) < 4.78 is 0. The molecule has 0 heterocycles. The molecule has 19 heavy (non-hydrogen) atoms. The van der Waals surface area contributed by atoms with Crippen LogP contribution in [0.25, 0.3) is 0 Å². The Labute approximate surface area is 119 Å². The highest BCUT2D eigenvalue weighted by molar-refractivity contribution is 5.48. The number of nitrogen functional groups attached to an aromatic ring is 1. The summed E-state index contributed by atoms with van der Waals surface area (Å²) in [5.41, 5.74) is 9.43. The van der Waals surface area contributed by atoms with Crippen molar-refractivity contribution in [3.63, 3.8) is 0 Å². The topological polar surface area (TPSA) is 29.3 Å². The van der Waals surface area contributed by atoms with E-state index in [1.807, 2.05) is 0 Å². The van der Waals surface area contributed by atoms with E-state index in [0.29, 0.717) is 12.0 Å². The number of aryl methyl sites for hydroxylation is 1. The van der Waals surface area contributed by atoms with Gasteiger partial charge in [-0.25, -0.2) is 0 Å². The Hall–Kier alpha value is -1.02. The molecule has 1 aromatic rings. The van der Waals surface area contributed by atoms with Crippen molar-refractivity contribution in [1.29, 1.82) is 0 Å². The van der Waals surface area contributed by atoms with E-state index >= 15 is 0 Å². The first-order valence-corrected chi connectivity index (χ1v) is 7.56. The number of benzene rings is 1. The Bertz CT molecular complexity index is 381. The fourth-order valence-corrected chi connectivity index (χ4v) is 2.64. The van der Waals surface area contributed by atoms with Crippen molar-refractivity contribution >= 4 is 5.69 Å². The van der Waals surface area contributed by atoms with Crippen molar-refractivity contribution in [1.82, 2.24) is 4.90 Å². The SMILES string of the molecule is CCC(CC)N(Cc1ccc(C)c(N)c1)CC(C)C. The average molecular weight is 262 g/mol. The molecule has 0 unspecified atom stereocenters. The maximum absolute atomic E-state index is 6.02. The van der Waals surface area contributed by atoms with Gasteiger partial charge < -0.3 is 5.73 Å². The van der Waals surface area contributed by atoms with E-state index < -0.39 is 0 Å². The van der Waals surface area contributed by atoms with Crippen LogP contribution in [0.15, 0.2) is 18.2 Å². The largest absolute Gasteiger partial charge is 0.399 e. The Morgan fingerprint density at radius 3 is 2.26 bits per heavy atom. The molecule has 0 aliphatic carbocycles. The summed E-state index contributed by atoms with van der Waals surface area (Å²) in [5, 5.41) is 0. The number of nitrogens with two attached hydrogens (primary N) is 1. The molecule has 0 fully saturated rings. The lowest BCUT2D eigenvalue weighted by Gasteiger charge is -2.32. The summed E-state index contributed by atoms with van der Waals surface area (Å²) in [6.45, 7) is 13.4. The molecule has 0 saturated carbocycles. The molecule has 0 spiro atoms. The van der Waals surface area contributed by atoms with E-state index in [1.54, 1.807) is 0 Å². The number of hydrogen-bond acceptors (Lipinski definition) is 2. The van der Waals surface area contributed by atoms with Crippen molar-refractivity contribution in [3.8, 4) is 0 Å². The molecular weight excluding hydrogens is 232 g/mol. The average Bonchev–Trinajstić information content (AvgIpc) is 2.34. The molecule has 1 aromatic carbocycles. The van der Waals surface area contributed by atoms with Gasteiger partial charge in [-0.2, -0.15) is 0 Å². The second-order valence-corrected chi connectivity index (χ2v) is 5.98. The van der Waals surface area contributed by atoms with Gasteiger partial charge in [-0.05, 0) is 42.9 Å². The number of nitrogens with zero attached hydrogens (tertiary/aromatic N) is 1. The highest BCUT2D eigenvalue weighted by Crippen LogP contribution is 2.19. The van der Waals surface area contributed by atoms with Crippen LogP contribution in [-0.4, -0.2) is 17.5 Å². The smallest absolute Gasteiger partial charge is 0.0346 e. The molecule has 0 amide bonds. The van der Waals surface area contributed by atoms with Crippen LogP contribution in [0.1, 0.15) is 51.7 Å². The summed E-state index contributed by atoms with van der Waals surface area (Å²) in [6, 6.07) is 7.14. The first-order chi connectivity index (χ1) is 8.97. The number of hydrogen-bond donors (Lipinski definition) is 1. The third kappa shape index (κ3) is 4.87. The van der Waals surface area contributed by atoms with Gasteiger partial charge in [0.05, 0.1) is 0 Å². The lowest BCUT2D eigenvalue weighted by atomic mass is 10.0. The predicted molar refractivity (Wildman–Crippen MR) is 85.2 cm³/mol. The zero-order valence-corrected chi connectivity index (χ0v) is 13.2. The predicted octanol–water partition coefficient (Wildman–Crippen LogP) is 4.22. The quantitative estimate of drug-likeness (QED) is 0.745. The molecule has 0 aromatic heterocycles. The Balaban J connectivity index is 2.83. The van der Waals surface area contributed by atoms with E-state index in [4.69, 9.17) is 5.73 Å². The molecule has 0 aliphatic heterocycles. The molecule has 0 saturated heterocycles. The monoisotopic (exact) mass is 262 g/mol. The van der Waals surface area contributed by atoms with Gasteiger partial charge in [0.2, 0.25) is 0 Å². The summed E-state index contributed by atoms with van der Waals surface area (Å²) in [5.74, 6) is 0.698. The minimum Gasteiger partial charge on any atom is -0.399 e. The lowest BCUT2D eigenvalue weighted by Crippen LogP contribution is -2.36. The Morgan fingerprint density at radius 2 is 1.79 bits per heavy atom. The van der Waals surface area contributed by atoms with Crippen LogP contribution in [0.5, 0.6) is 0 Å². The maximum atomic E-state index is 6.02. The van der Waals surface area contributed by atoms with E-state index in [9.17, 15) is 0 Å². The molecule has 0 atom stereocenters. The van der Waals surface area contributed by atoms with Gasteiger partial charge in [0.1, 0.15) is 0 Å². The maximum Gasteiger partial charge on any atom is 0.0346 e. The standard InChI is InChI=1S/C17H30N2/c1-6-16(7-2)19(11-13(3)4)12-15-9-8-14(5)17(18)10-15/h8-10,13,16H,6-7,11-12,18H2,1-5H3. The molecule has 2 N–H and O–H groups in total. The van der Waals surface area contributed by atoms with Crippen LogP contribution in [-0.2, 0) is 6.54 Å². The van der Waals surface area contributed by atoms with Crippen molar-refractivity contribution in [2.24, 2.45) is 5.92 Å². The second-order valence-electron chi connectivity index (χ2n) is 5.98. The molecule has 0 bridgehead atoms. The van der Waals surface area contributed by atoms with Crippen LogP contribution in [0.2, 0.25) is 0 Å². The highest BCUT2D eigenvalue weighted by Gasteiger charge is 2.16. The van der Waals surface area contributed by atoms with Gasteiger partial charge in [-0.15, -0.1) is 0 Å². The van der Waals surface area contributed by atoms with Crippen molar-refractivity contribution in [2.75, 3.05) is 12.3 Å². The summed E-state index contributed by atoms with van der Waals surface area (Å²) in [4.78, 5) is 2.61. The molecule has 0 aliphatic rings. The minimum absolute atomic E-state index is 0.671. The van der Waals surface area contributed by atoms with Crippen LogP contribution in [0.4, 0.5) is 5.69 Å². The van der Waals surface area contributed by atoms with Gasteiger partial charge in [0.15, 0.2) is 0 Å². The molecular formula is C17H30N2. The van der Waals surface area contributed by atoms with Crippen LogP contribution in [0, 0.1) is 12.8 Å². The minimum atomic E-state index is 0.671. The zero-order chi connectivity index (χ0) is 14.4. The third-order valence-corrected chi connectivity index (χ3v) is 3.79. The first-order valence-electron chi connectivity index (χ1n) is 7.56. The van der Waals surface area contributed by atoms with Crippen molar-refractivity contribution in [3.05, 3.63) is 29.3 Å². The Kier molecular flexibility index (Phi) is 6.36. The van der Waals surface area contributed by atoms with Crippen LogP contribution >= 0.6 is 0 Å². The van der Waals surface area contributed by atoms with Crippen molar-refractivity contribution in [2.45, 2.75) is 60.0 Å². The second kappa shape index (κ2) is 7.54.